The van der Waals surface area contributed by atoms with Crippen molar-refractivity contribution in [3.63, 3.8) is 0 Å². The Hall–Kier alpha value is -1.24. The zero-order valence-electron chi connectivity index (χ0n) is 14.3. The van der Waals surface area contributed by atoms with Gasteiger partial charge in [0.25, 0.3) is 0 Å². The Morgan fingerprint density at radius 3 is 2.91 bits per heavy atom. The topological polar surface area (TPSA) is 63.1 Å². The largest absolute Gasteiger partial charge is 0.328 e. The van der Waals surface area contributed by atoms with Gasteiger partial charge in [0, 0.05) is 30.8 Å². The van der Waals surface area contributed by atoms with E-state index in [4.69, 9.17) is 0 Å². The van der Waals surface area contributed by atoms with Crippen LogP contribution in [0.5, 0.6) is 0 Å². The lowest BCUT2D eigenvalue weighted by atomic mass is 10.1. The molecule has 0 unspecified atom stereocenters. The molecule has 0 spiro atoms. The normalized spacial score (nSPS) is 25.1. The van der Waals surface area contributed by atoms with Crippen LogP contribution in [0.15, 0.2) is 0 Å². The Kier molecular flexibility index (Phi) is 5.14. The smallest absolute Gasteiger partial charge is 0.318 e. The molecule has 6 nitrogen and oxygen atoms in total. The fourth-order valence-corrected chi connectivity index (χ4v) is 4.22. The summed E-state index contributed by atoms with van der Waals surface area (Å²) in [6.07, 6.45) is 3.04. The Balaban J connectivity index is 1.72. The molecule has 7 heteroatoms. The third kappa shape index (κ3) is 3.65. The van der Waals surface area contributed by atoms with Crippen molar-refractivity contribution in [2.75, 3.05) is 18.1 Å². The summed E-state index contributed by atoms with van der Waals surface area (Å²) in [5.41, 5.74) is 0. The van der Waals surface area contributed by atoms with Crippen LogP contribution < -0.4 is 5.32 Å². The van der Waals surface area contributed by atoms with Gasteiger partial charge >= 0.3 is 6.03 Å². The fraction of sp³-hybridized carbons (Fsp3) is 0.812. The minimum absolute atomic E-state index is 0.0145. The molecular weight excluding hydrogens is 310 g/mol. The minimum Gasteiger partial charge on any atom is -0.328 e. The maximum atomic E-state index is 12.7. The maximum absolute atomic E-state index is 12.7. The molecule has 1 saturated heterocycles. The first-order chi connectivity index (χ1) is 11.1. The zero-order chi connectivity index (χ0) is 16.4. The zero-order valence-corrected chi connectivity index (χ0v) is 15.1. The predicted molar refractivity (Wildman–Crippen MR) is 92.7 cm³/mol. The number of carbonyl (C=O) groups is 1. The average molecular weight is 337 g/mol. The van der Waals surface area contributed by atoms with Crippen molar-refractivity contribution in [1.29, 1.82) is 0 Å². The van der Waals surface area contributed by atoms with E-state index in [2.05, 4.69) is 36.2 Å². The number of rotatable bonds is 2. The van der Waals surface area contributed by atoms with Crippen molar-refractivity contribution < 1.29 is 4.79 Å². The van der Waals surface area contributed by atoms with Gasteiger partial charge in [0.1, 0.15) is 5.82 Å². The SMILES string of the molecule is CC(C)c1nc2n(n1)CCC[C@@H]2NC(=O)N1CCSCC[C@@H]1C. The van der Waals surface area contributed by atoms with Gasteiger partial charge in [0.2, 0.25) is 0 Å². The summed E-state index contributed by atoms with van der Waals surface area (Å²) >= 11 is 1.93. The van der Waals surface area contributed by atoms with E-state index in [-0.39, 0.29) is 12.1 Å². The molecule has 2 aliphatic rings. The van der Waals surface area contributed by atoms with Gasteiger partial charge in [0.05, 0.1) is 6.04 Å². The monoisotopic (exact) mass is 337 g/mol. The van der Waals surface area contributed by atoms with Crippen LogP contribution in [0.2, 0.25) is 0 Å². The van der Waals surface area contributed by atoms with Crippen LogP contribution in [-0.4, -0.2) is 49.8 Å². The van der Waals surface area contributed by atoms with Crippen LogP contribution in [-0.2, 0) is 6.54 Å². The van der Waals surface area contributed by atoms with Gasteiger partial charge in [-0.05, 0) is 31.9 Å². The molecule has 1 fully saturated rings. The lowest BCUT2D eigenvalue weighted by Crippen LogP contribution is -2.47. The molecule has 128 valence electrons. The van der Waals surface area contributed by atoms with Gasteiger partial charge < -0.3 is 10.2 Å². The standard InChI is InChI=1S/C16H27N5OS/c1-11(2)14-18-15-13(5-4-7-21(15)19-14)17-16(22)20-8-10-23-9-6-12(20)3/h11-13H,4-10H2,1-3H3,(H,17,22)/t12-,13-/m0/s1. The molecule has 0 radical (unpaired) electrons. The minimum atomic E-state index is -0.0145. The second-order valence-electron chi connectivity index (χ2n) is 6.79. The van der Waals surface area contributed by atoms with E-state index in [1.165, 1.54) is 0 Å². The van der Waals surface area contributed by atoms with Gasteiger partial charge in [-0.2, -0.15) is 16.9 Å². The molecule has 1 N–H and O–H groups in total. The van der Waals surface area contributed by atoms with E-state index < -0.39 is 0 Å². The maximum Gasteiger partial charge on any atom is 0.318 e. The molecule has 0 bridgehead atoms. The highest BCUT2D eigenvalue weighted by molar-refractivity contribution is 7.99. The van der Waals surface area contributed by atoms with E-state index >= 15 is 0 Å². The van der Waals surface area contributed by atoms with Crippen LogP contribution in [0.3, 0.4) is 0 Å². The van der Waals surface area contributed by atoms with Crippen LogP contribution in [0.25, 0.3) is 0 Å². The number of thioether (sulfide) groups is 1. The second-order valence-corrected chi connectivity index (χ2v) is 8.02. The van der Waals surface area contributed by atoms with E-state index in [1.807, 2.05) is 21.3 Å². The molecule has 0 aliphatic carbocycles. The van der Waals surface area contributed by atoms with Crippen molar-refractivity contribution in [3.05, 3.63) is 11.6 Å². The summed E-state index contributed by atoms with van der Waals surface area (Å²) in [5, 5.41) is 7.80. The highest BCUT2D eigenvalue weighted by Gasteiger charge is 2.29. The van der Waals surface area contributed by atoms with Gasteiger partial charge in [-0.25, -0.2) is 14.5 Å². The number of aromatic nitrogens is 3. The average Bonchev–Trinajstić information content (AvgIpc) is 2.85. The molecule has 23 heavy (non-hydrogen) atoms. The van der Waals surface area contributed by atoms with Crippen molar-refractivity contribution in [1.82, 2.24) is 25.0 Å². The lowest BCUT2D eigenvalue weighted by Gasteiger charge is -2.30. The molecule has 0 aromatic carbocycles. The molecule has 2 atom stereocenters. The van der Waals surface area contributed by atoms with E-state index in [0.717, 1.165) is 55.5 Å². The number of fused-ring (bicyclic) bond motifs is 1. The third-order valence-corrected chi connectivity index (χ3v) is 5.65. The number of urea groups is 1. The van der Waals surface area contributed by atoms with Gasteiger partial charge in [-0.1, -0.05) is 13.8 Å². The van der Waals surface area contributed by atoms with Gasteiger partial charge in [0.15, 0.2) is 5.82 Å². The molecule has 3 rings (SSSR count). The number of amides is 2. The molecular formula is C16H27N5OS. The van der Waals surface area contributed by atoms with Crippen LogP contribution >= 0.6 is 11.8 Å². The molecule has 1 aromatic rings. The van der Waals surface area contributed by atoms with Crippen LogP contribution in [0.4, 0.5) is 4.79 Å². The first-order valence-electron chi connectivity index (χ1n) is 8.65. The summed E-state index contributed by atoms with van der Waals surface area (Å²) in [6, 6.07) is 0.338. The highest BCUT2D eigenvalue weighted by atomic mass is 32.2. The highest BCUT2D eigenvalue weighted by Crippen LogP contribution is 2.25. The van der Waals surface area contributed by atoms with Crippen LogP contribution in [0, 0.1) is 0 Å². The molecule has 3 heterocycles. The Morgan fingerprint density at radius 1 is 1.30 bits per heavy atom. The van der Waals surface area contributed by atoms with Crippen LogP contribution in [0.1, 0.15) is 63.6 Å². The Morgan fingerprint density at radius 2 is 2.13 bits per heavy atom. The third-order valence-electron chi connectivity index (χ3n) is 4.65. The summed E-state index contributed by atoms with van der Waals surface area (Å²) in [7, 11) is 0. The quantitative estimate of drug-likeness (QED) is 0.901. The summed E-state index contributed by atoms with van der Waals surface area (Å²) in [6.45, 7) is 8.08. The van der Waals surface area contributed by atoms with E-state index in [1.54, 1.807) is 0 Å². The van der Waals surface area contributed by atoms with Crippen molar-refractivity contribution in [3.8, 4) is 0 Å². The second kappa shape index (κ2) is 7.11. The van der Waals surface area contributed by atoms with E-state index in [0.29, 0.717) is 12.0 Å². The van der Waals surface area contributed by atoms with Crippen molar-refractivity contribution in [2.45, 2.75) is 64.6 Å². The number of nitrogens with zero attached hydrogens (tertiary/aromatic N) is 4. The van der Waals surface area contributed by atoms with E-state index in [9.17, 15) is 4.79 Å². The summed E-state index contributed by atoms with van der Waals surface area (Å²) < 4.78 is 1.98. The Bertz CT molecular complexity index is 559. The summed E-state index contributed by atoms with van der Waals surface area (Å²) in [5.74, 6) is 4.27. The molecule has 0 saturated carbocycles. The number of nitrogens with one attached hydrogen (secondary N) is 1. The molecule has 1 aromatic heterocycles. The number of hydrogen-bond donors (Lipinski definition) is 1. The molecule has 2 aliphatic heterocycles. The first-order valence-corrected chi connectivity index (χ1v) is 9.81. The number of aryl methyl sites for hydroxylation is 1. The number of hydrogen-bond acceptors (Lipinski definition) is 4. The summed E-state index contributed by atoms with van der Waals surface area (Å²) in [4.78, 5) is 19.4. The van der Waals surface area contributed by atoms with Crippen molar-refractivity contribution in [2.24, 2.45) is 0 Å². The fourth-order valence-electron chi connectivity index (χ4n) is 3.18. The lowest BCUT2D eigenvalue weighted by molar-refractivity contribution is 0.176. The van der Waals surface area contributed by atoms with Crippen molar-refractivity contribution >= 4 is 17.8 Å². The Labute approximate surface area is 142 Å². The first kappa shape index (κ1) is 16.6. The molecule has 2 amide bonds. The number of carbonyl (C=O) groups excluding carboxylic acids is 1. The predicted octanol–water partition coefficient (Wildman–Crippen LogP) is 2.77. The van der Waals surface area contributed by atoms with Gasteiger partial charge in [-0.15, -0.1) is 0 Å². The van der Waals surface area contributed by atoms with Gasteiger partial charge in [-0.3, -0.25) is 0 Å².